The van der Waals surface area contributed by atoms with Crippen LogP contribution in [0.1, 0.15) is 36.1 Å². The summed E-state index contributed by atoms with van der Waals surface area (Å²) in [6, 6.07) is 23.3. The second kappa shape index (κ2) is 6.54. The average Bonchev–Trinajstić information content (AvgIpc) is 2.90. The maximum absolute atomic E-state index is 8.69. The molecule has 0 heterocycles. The molecule has 0 spiro atoms. The van der Waals surface area contributed by atoms with Crippen LogP contribution in [0.5, 0.6) is 0 Å². The molecule has 1 aliphatic rings. The molecule has 0 aromatic heterocycles. The average molecular weight is 370 g/mol. The van der Waals surface area contributed by atoms with Crippen LogP contribution in [0.4, 0.5) is 0 Å². The van der Waals surface area contributed by atoms with Gasteiger partial charge in [0.25, 0.3) is 0 Å². The molecule has 0 aliphatic heterocycles. The molecule has 1 N–H and O–H groups in total. The number of rotatable bonds is 4. The summed E-state index contributed by atoms with van der Waals surface area (Å²) in [4.78, 5) is 1.93. The zero-order valence-corrected chi connectivity index (χ0v) is 16.8. The van der Waals surface area contributed by atoms with Gasteiger partial charge in [-0.1, -0.05) is 86.8 Å². The summed E-state index contributed by atoms with van der Waals surface area (Å²) >= 11 is 1.57. The lowest BCUT2D eigenvalue weighted by Gasteiger charge is -2.22. The fraction of sp³-hybridized carbons (Fsp3) is 0.160. The molecule has 0 saturated carbocycles. The van der Waals surface area contributed by atoms with E-state index >= 15 is 0 Å². The van der Waals surface area contributed by atoms with Crippen molar-refractivity contribution in [3.05, 3.63) is 100 Å². The standard InChI is InChI=1S/C25H23NS/c1-16-9-5-8-12-23(16)27-17(2)24(26)18-13-14-20-19-10-6-7-11-21(19)25(3,4)22(20)15-18/h5-15,26H,2H2,1,3-4H3. The molecule has 134 valence electrons. The Morgan fingerprint density at radius 2 is 1.56 bits per heavy atom. The highest BCUT2D eigenvalue weighted by atomic mass is 32.2. The van der Waals surface area contributed by atoms with E-state index in [1.54, 1.807) is 11.8 Å². The van der Waals surface area contributed by atoms with Crippen LogP contribution in [0, 0.1) is 12.3 Å². The summed E-state index contributed by atoms with van der Waals surface area (Å²) in [6.07, 6.45) is 0. The van der Waals surface area contributed by atoms with E-state index in [0.29, 0.717) is 5.71 Å². The van der Waals surface area contributed by atoms with E-state index in [2.05, 4.69) is 81.9 Å². The van der Waals surface area contributed by atoms with Crippen molar-refractivity contribution in [2.75, 3.05) is 0 Å². The van der Waals surface area contributed by atoms with Crippen LogP contribution in [0.15, 0.2) is 83.1 Å². The molecule has 0 saturated heterocycles. The molecule has 4 rings (SSSR count). The van der Waals surface area contributed by atoms with E-state index < -0.39 is 0 Å². The van der Waals surface area contributed by atoms with Gasteiger partial charge in [-0.15, -0.1) is 0 Å². The van der Waals surface area contributed by atoms with Gasteiger partial charge in [0.2, 0.25) is 0 Å². The van der Waals surface area contributed by atoms with E-state index in [1.165, 1.54) is 27.8 Å². The molecule has 1 aliphatic carbocycles. The maximum atomic E-state index is 8.69. The molecule has 0 fully saturated rings. The Labute approximate surface area is 165 Å². The van der Waals surface area contributed by atoms with Gasteiger partial charge in [0, 0.05) is 20.8 Å². The summed E-state index contributed by atoms with van der Waals surface area (Å²) in [5, 5.41) is 8.69. The minimum absolute atomic E-state index is 0.0489. The first-order valence-corrected chi connectivity index (χ1v) is 9.97. The van der Waals surface area contributed by atoms with Gasteiger partial charge in [-0.05, 0) is 46.9 Å². The smallest absolute Gasteiger partial charge is 0.0745 e. The highest BCUT2D eigenvalue weighted by molar-refractivity contribution is 8.04. The molecule has 1 nitrogen and oxygen atoms in total. The van der Waals surface area contributed by atoms with Crippen molar-refractivity contribution < 1.29 is 0 Å². The molecule has 0 atom stereocenters. The van der Waals surface area contributed by atoms with E-state index in [0.717, 1.165) is 15.4 Å². The second-order valence-electron chi connectivity index (χ2n) is 7.60. The Hall–Kier alpha value is -2.58. The predicted octanol–water partition coefficient (Wildman–Crippen LogP) is 6.98. The van der Waals surface area contributed by atoms with Gasteiger partial charge in [0.05, 0.1) is 5.71 Å². The van der Waals surface area contributed by atoms with Gasteiger partial charge in [-0.3, -0.25) is 5.41 Å². The van der Waals surface area contributed by atoms with Gasteiger partial charge in [0.1, 0.15) is 0 Å². The molecule has 3 aromatic rings. The van der Waals surface area contributed by atoms with Crippen LogP contribution in [0.3, 0.4) is 0 Å². The van der Waals surface area contributed by atoms with Gasteiger partial charge in [0.15, 0.2) is 0 Å². The molecule has 0 unspecified atom stereocenters. The molecular formula is C25H23NS. The SMILES string of the molecule is C=C(Sc1ccccc1C)C(=N)c1ccc2c(c1)C(C)(C)c1ccccc1-2. The van der Waals surface area contributed by atoms with Crippen LogP contribution >= 0.6 is 11.8 Å². The van der Waals surface area contributed by atoms with E-state index in [9.17, 15) is 0 Å². The Morgan fingerprint density at radius 1 is 0.889 bits per heavy atom. The lowest BCUT2D eigenvalue weighted by Crippen LogP contribution is -2.15. The fourth-order valence-corrected chi connectivity index (χ4v) is 4.74. The van der Waals surface area contributed by atoms with Crippen LogP contribution in [-0.2, 0) is 5.41 Å². The summed E-state index contributed by atoms with van der Waals surface area (Å²) < 4.78 is 0. The number of nitrogens with one attached hydrogen (secondary N) is 1. The van der Waals surface area contributed by atoms with Gasteiger partial charge in [-0.2, -0.15) is 0 Å². The lowest BCUT2D eigenvalue weighted by atomic mass is 9.82. The minimum atomic E-state index is -0.0489. The zero-order valence-electron chi connectivity index (χ0n) is 16.0. The largest absolute Gasteiger partial charge is 0.299 e. The van der Waals surface area contributed by atoms with E-state index in [1.807, 2.05) is 12.1 Å². The Kier molecular flexibility index (Phi) is 4.32. The zero-order chi connectivity index (χ0) is 19.2. The number of allylic oxidation sites excluding steroid dienone is 1. The molecule has 2 heteroatoms. The summed E-state index contributed by atoms with van der Waals surface area (Å²) in [6.45, 7) is 10.8. The Bertz CT molecular complexity index is 1080. The first-order chi connectivity index (χ1) is 12.9. The van der Waals surface area contributed by atoms with Crippen LogP contribution in [0.2, 0.25) is 0 Å². The number of aryl methyl sites for hydroxylation is 1. The molecular weight excluding hydrogens is 346 g/mol. The highest BCUT2D eigenvalue weighted by Gasteiger charge is 2.35. The fourth-order valence-electron chi connectivity index (χ4n) is 3.88. The predicted molar refractivity (Wildman–Crippen MR) is 117 cm³/mol. The van der Waals surface area contributed by atoms with Crippen molar-refractivity contribution >= 4 is 17.5 Å². The highest BCUT2D eigenvalue weighted by Crippen LogP contribution is 2.48. The van der Waals surface area contributed by atoms with Crippen molar-refractivity contribution in [3.63, 3.8) is 0 Å². The van der Waals surface area contributed by atoms with Gasteiger partial charge >= 0.3 is 0 Å². The molecule has 0 radical (unpaired) electrons. The quantitative estimate of drug-likeness (QED) is 0.389. The number of fused-ring (bicyclic) bond motifs is 3. The van der Waals surface area contributed by atoms with Gasteiger partial charge in [-0.25, -0.2) is 0 Å². The summed E-state index contributed by atoms with van der Waals surface area (Å²) in [5.41, 5.74) is 7.83. The lowest BCUT2D eigenvalue weighted by molar-refractivity contribution is 0.660. The van der Waals surface area contributed by atoms with E-state index in [-0.39, 0.29) is 5.41 Å². The topological polar surface area (TPSA) is 23.9 Å². The minimum Gasteiger partial charge on any atom is -0.299 e. The Balaban J connectivity index is 1.67. The van der Waals surface area contributed by atoms with Crippen LogP contribution < -0.4 is 0 Å². The first kappa shape index (κ1) is 17.8. The summed E-state index contributed by atoms with van der Waals surface area (Å²) in [5.74, 6) is 0. The second-order valence-corrected chi connectivity index (χ2v) is 8.73. The van der Waals surface area contributed by atoms with Crippen molar-refractivity contribution in [1.29, 1.82) is 5.41 Å². The third-order valence-corrected chi connectivity index (χ3v) is 6.61. The molecule has 0 amide bonds. The third kappa shape index (κ3) is 2.94. The van der Waals surface area contributed by atoms with Crippen molar-refractivity contribution in [1.82, 2.24) is 0 Å². The summed E-state index contributed by atoms with van der Waals surface area (Å²) in [7, 11) is 0. The van der Waals surface area contributed by atoms with Crippen molar-refractivity contribution in [2.24, 2.45) is 0 Å². The van der Waals surface area contributed by atoms with Crippen molar-refractivity contribution in [2.45, 2.75) is 31.1 Å². The first-order valence-electron chi connectivity index (χ1n) is 9.15. The van der Waals surface area contributed by atoms with Crippen LogP contribution in [-0.4, -0.2) is 5.71 Å². The third-order valence-electron chi connectivity index (χ3n) is 5.48. The monoisotopic (exact) mass is 369 g/mol. The molecule has 27 heavy (non-hydrogen) atoms. The number of thioether (sulfide) groups is 1. The number of hydrogen-bond acceptors (Lipinski definition) is 2. The molecule has 0 bridgehead atoms. The van der Waals surface area contributed by atoms with Crippen LogP contribution in [0.25, 0.3) is 11.1 Å². The number of hydrogen-bond donors (Lipinski definition) is 1. The Morgan fingerprint density at radius 3 is 2.33 bits per heavy atom. The number of benzene rings is 3. The van der Waals surface area contributed by atoms with Gasteiger partial charge < -0.3 is 0 Å². The normalized spacial score (nSPS) is 13.7. The van der Waals surface area contributed by atoms with Crippen molar-refractivity contribution in [3.8, 4) is 11.1 Å². The van der Waals surface area contributed by atoms with E-state index in [4.69, 9.17) is 5.41 Å². The maximum Gasteiger partial charge on any atom is 0.0745 e. The molecule has 3 aromatic carbocycles.